The second-order valence-corrected chi connectivity index (χ2v) is 6.20. The number of carbonyl (C=O) groups is 2. The van der Waals surface area contributed by atoms with E-state index in [1.54, 1.807) is 0 Å². The van der Waals surface area contributed by atoms with Gasteiger partial charge in [-0.05, 0) is 12.0 Å². The fraction of sp³-hybridized carbons (Fsp3) is 0.556. The fourth-order valence-electron chi connectivity index (χ4n) is 3.06. The molecule has 2 heterocycles. The highest BCUT2D eigenvalue weighted by Crippen LogP contribution is 2.14. The molecule has 0 unspecified atom stereocenters. The van der Waals surface area contributed by atoms with Crippen LogP contribution in [0.2, 0.25) is 0 Å². The Labute approximate surface area is 147 Å². The van der Waals surface area contributed by atoms with E-state index in [2.05, 4.69) is 22.3 Å². The average molecular weight is 350 g/mol. The van der Waals surface area contributed by atoms with E-state index < -0.39 is 0 Å². The summed E-state index contributed by atoms with van der Waals surface area (Å²) in [5, 5.41) is 9.95. The van der Waals surface area contributed by atoms with Crippen LogP contribution in [0.25, 0.3) is 0 Å². The van der Waals surface area contributed by atoms with Crippen LogP contribution in [0.1, 0.15) is 12.0 Å². The summed E-state index contributed by atoms with van der Waals surface area (Å²) in [7, 11) is 0. The topological polar surface area (TPSA) is 88.1 Å². The van der Waals surface area contributed by atoms with Crippen molar-refractivity contribution in [3.63, 3.8) is 0 Å². The number of amides is 1. The number of carboxylic acid groups (broad SMARTS) is 1. The average Bonchev–Trinajstić information content (AvgIpc) is 2.85. The summed E-state index contributed by atoms with van der Waals surface area (Å²) in [6, 6.07) is 10.4. The van der Waals surface area contributed by atoms with E-state index >= 15 is 0 Å². The molecule has 1 aromatic rings. The molecule has 2 saturated heterocycles. The molecule has 0 radical (unpaired) electrons. The molecule has 0 spiro atoms. The molecule has 25 heavy (non-hydrogen) atoms. The van der Waals surface area contributed by atoms with Crippen LogP contribution in [0.3, 0.4) is 0 Å². The summed E-state index contributed by atoms with van der Waals surface area (Å²) in [5.74, 6) is 0.114. The smallest absolute Gasteiger partial charge is 0.290 e. The van der Waals surface area contributed by atoms with E-state index in [1.165, 1.54) is 5.56 Å². The van der Waals surface area contributed by atoms with E-state index in [9.17, 15) is 4.79 Å². The molecule has 2 fully saturated rings. The van der Waals surface area contributed by atoms with Crippen LogP contribution < -0.4 is 5.32 Å². The molecule has 0 saturated carbocycles. The largest absolute Gasteiger partial charge is 0.483 e. The van der Waals surface area contributed by atoms with Gasteiger partial charge in [-0.1, -0.05) is 30.3 Å². The van der Waals surface area contributed by atoms with Crippen molar-refractivity contribution in [1.29, 1.82) is 0 Å². The van der Waals surface area contributed by atoms with Gasteiger partial charge < -0.3 is 24.8 Å². The van der Waals surface area contributed by atoms with Gasteiger partial charge in [0.15, 0.2) is 0 Å². The predicted molar refractivity (Wildman–Crippen MR) is 92.1 cm³/mol. The first-order valence-corrected chi connectivity index (χ1v) is 8.53. The minimum atomic E-state index is -0.250. The molecule has 138 valence electrons. The molecule has 7 nitrogen and oxygen atoms in total. The van der Waals surface area contributed by atoms with Crippen molar-refractivity contribution >= 4 is 12.4 Å². The van der Waals surface area contributed by atoms with Crippen molar-refractivity contribution in [2.45, 2.75) is 19.1 Å². The van der Waals surface area contributed by atoms with Crippen molar-refractivity contribution in [3.05, 3.63) is 35.9 Å². The van der Waals surface area contributed by atoms with Crippen LogP contribution in [0.15, 0.2) is 30.3 Å². The van der Waals surface area contributed by atoms with Gasteiger partial charge in [0.25, 0.3) is 6.47 Å². The third kappa shape index (κ3) is 6.81. The molecular formula is C18H26N2O5. The molecule has 1 amide bonds. The Bertz CT molecular complexity index is 525. The lowest BCUT2D eigenvalue weighted by Crippen LogP contribution is -2.42. The number of hydrogen-bond donors (Lipinski definition) is 2. The zero-order valence-electron chi connectivity index (χ0n) is 14.3. The summed E-state index contributed by atoms with van der Waals surface area (Å²) in [6.45, 7) is 4.98. The van der Waals surface area contributed by atoms with Gasteiger partial charge in [0.05, 0.1) is 31.8 Å². The van der Waals surface area contributed by atoms with Gasteiger partial charge in [0.1, 0.15) is 0 Å². The van der Waals surface area contributed by atoms with Crippen molar-refractivity contribution in [2.75, 3.05) is 39.5 Å². The summed E-state index contributed by atoms with van der Waals surface area (Å²) in [4.78, 5) is 22.7. The van der Waals surface area contributed by atoms with Crippen molar-refractivity contribution in [2.24, 2.45) is 5.92 Å². The van der Waals surface area contributed by atoms with Gasteiger partial charge in [0, 0.05) is 26.2 Å². The SMILES string of the molecule is O=C1N[C@@H]2COC[C@H]1CN(CCCOCc1ccccc1)C2.O=CO. The zero-order valence-corrected chi connectivity index (χ0v) is 14.3. The standard InChI is InChI=1S/C17H24N2O3.CH2O2/c20-17-15-9-19(10-16(18-17)13-22-12-15)7-4-8-21-11-14-5-2-1-3-6-14;2-1-3/h1-3,5-6,15-16H,4,7-13H2,(H,18,20);1H,(H,2,3)/t15-,16+;/m1./s1. The number of hydrogen-bond acceptors (Lipinski definition) is 5. The molecule has 2 atom stereocenters. The second-order valence-electron chi connectivity index (χ2n) is 6.20. The lowest BCUT2D eigenvalue weighted by molar-refractivity contribution is -0.125. The lowest BCUT2D eigenvalue weighted by Gasteiger charge is -2.27. The monoisotopic (exact) mass is 350 g/mol. The fourth-order valence-corrected chi connectivity index (χ4v) is 3.06. The summed E-state index contributed by atoms with van der Waals surface area (Å²) >= 11 is 0. The molecular weight excluding hydrogens is 324 g/mol. The highest BCUT2D eigenvalue weighted by Gasteiger charge is 2.32. The van der Waals surface area contributed by atoms with Gasteiger partial charge in [-0.3, -0.25) is 9.59 Å². The number of benzene rings is 1. The molecule has 2 aliphatic heterocycles. The second kappa shape index (κ2) is 10.8. The zero-order chi connectivity index (χ0) is 17.9. The molecule has 2 N–H and O–H groups in total. The Hall–Kier alpha value is -1.96. The van der Waals surface area contributed by atoms with Crippen LogP contribution >= 0.6 is 0 Å². The first-order valence-electron chi connectivity index (χ1n) is 8.53. The predicted octanol–water partition coefficient (Wildman–Crippen LogP) is 0.741. The van der Waals surface area contributed by atoms with Crippen molar-refractivity contribution in [3.8, 4) is 0 Å². The molecule has 1 aromatic carbocycles. The van der Waals surface area contributed by atoms with E-state index in [1.807, 2.05) is 18.2 Å². The van der Waals surface area contributed by atoms with Crippen LogP contribution in [-0.2, 0) is 25.7 Å². The van der Waals surface area contributed by atoms with Crippen LogP contribution in [0.4, 0.5) is 0 Å². The maximum atomic E-state index is 11.9. The van der Waals surface area contributed by atoms with Crippen molar-refractivity contribution < 1.29 is 24.2 Å². The molecule has 0 aliphatic carbocycles. The van der Waals surface area contributed by atoms with Gasteiger partial charge in [-0.25, -0.2) is 0 Å². The molecule has 2 aliphatic rings. The van der Waals surface area contributed by atoms with Crippen LogP contribution in [0, 0.1) is 5.92 Å². The summed E-state index contributed by atoms with van der Waals surface area (Å²) in [5.41, 5.74) is 1.21. The molecule has 3 rings (SSSR count). The Morgan fingerprint density at radius 1 is 1.28 bits per heavy atom. The van der Waals surface area contributed by atoms with Gasteiger partial charge in [-0.2, -0.15) is 0 Å². The Morgan fingerprint density at radius 2 is 2.04 bits per heavy atom. The first-order chi connectivity index (χ1) is 12.2. The minimum Gasteiger partial charge on any atom is -0.483 e. The third-order valence-electron chi connectivity index (χ3n) is 4.19. The maximum Gasteiger partial charge on any atom is 0.290 e. The van der Waals surface area contributed by atoms with E-state index in [0.717, 1.165) is 32.7 Å². The number of fused-ring (bicyclic) bond motifs is 3. The highest BCUT2D eigenvalue weighted by molar-refractivity contribution is 5.79. The highest BCUT2D eigenvalue weighted by atomic mass is 16.5. The third-order valence-corrected chi connectivity index (χ3v) is 4.19. The number of ether oxygens (including phenoxy) is 2. The van der Waals surface area contributed by atoms with Gasteiger partial charge in [-0.15, -0.1) is 0 Å². The van der Waals surface area contributed by atoms with Gasteiger partial charge in [0.2, 0.25) is 5.91 Å². The van der Waals surface area contributed by atoms with Crippen LogP contribution in [-0.4, -0.2) is 67.9 Å². The number of rotatable bonds is 6. The maximum absolute atomic E-state index is 11.9. The van der Waals surface area contributed by atoms with Crippen LogP contribution in [0.5, 0.6) is 0 Å². The minimum absolute atomic E-state index is 0.0299. The van der Waals surface area contributed by atoms with Gasteiger partial charge >= 0.3 is 0 Å². The Balaban J connectivity index is 0.000000701. The molecule has 0 aromatic heterocycles. The molecule has 7 heteroatoms. The Kier molecular flexibility index (Phi) is 8.38. The lowest BCUT2D eigenvalue weighted by atomic mass is 10.1. The quantitative estimate of drug-likeness (QED) is 0.581. The number of carbonyl (C=O) groups excluding carboxylic acids is 1. The van der Waals surface area contributed by atoms with E-state index in [4.69, 9.17) is 19.4 Å². The van der Waals surface area contributed by atoms with Crippen molar-refractivity contribution in [1.82, 2.24) is 10.2 Å². The molecule has 2 bridgehead atoms. The normalized spacial score (nSPS) is 23.0. The first kappa shape index (κ1) is 19.4. The van der Waals surface area contributed by atoms with E-state index in [-0.39, 0.29) is 24.3 Å². The number of nitrogens with one attached hydrogen (secondary N) is 1. The summed E-state index contributed by atoms with van der Waals surface area (Å²) < 4.78 is 11.3. The summed E-state index contributed by atoms with van der Waals surface area (Å²) in [6.07, 6.45) is 0.987. The Morgan fingerprint density at radius 3 is 2.80 bits per heavy atom. The number of nitrogens with zero attached hydrogens (tertiary/aromatic N) is 1. The van der Waals surface area contributed by atoms with E-state index in [0.29, 0.717) is 19.8 Å².